The lowest BCUT2D eigenvalue weighted by Crippen LogP contribution is -2.32. The predicted molar refractivity (Wildman–Crippen MR) is 153 cm³/mol. The monoisotopic (exact) mass is 538 g/mol. The molecule has 4 heterocycles. The number of ether oxygens (including phenoxy) is 1. The van der Waals surface area contributed by atoms with Crippen molar-refractivity contribution >= 4 is 45.6 Å². The molecule has 8 heteroatoms. The second-order valence-corrected chi connectivity index (χ2v) is 11.1. The van der Waals surface area contributed by atoms with Crippen molar-refractivity contribution in [1.82, 2.24) is 9.97 Å². The Kier molecular flexibility index (Phi) is 6.71. The summed E-state index contributed by atoms with van der Waals surface area (Å²) in [5, 5.41) is 8.20. The summed E-state index contributed by atoms with van der Waals surface area (Å²) >= 11 is 1.62. The van der Waals surface area contributed by atoms with Crippen LogP contribution in [-0.4, -0.2) is 34.3 Å². The Morgan fingerprint density at radius 2 is 1.95 bits per heavy atom. The fraction of sp³-hybridized carbons (Fsp3) is 0.258. The molecule has 6 nitrogen and oxygen atoms in total. The number of thioether (sulfide) groups is 1. The molecular formula is C31H27FN4O2S. The number of hydrogen-bond donors (Lipinski definition) is 2. The number of nitrogens with zero attached hydrogens (tertiary/aromatic N) is 2. The summed E-state index contributed by atoms with van der Waals surface area (Å²) in [7, 11) is 0. The zero-order chi connectivity index (χ0) is 27.0. The van der Waals surface area contributed by atoms with Crippen molar-refractivity contribution < 1.29 is 13.9 Å². The third-order valence-electron chi connectivity index (χ3n) is 7.51. The van der Waals surface area contributed by atoms with Crippen molar-refractivity contribution in [2.45, 2.75) is 42.2 Å². The van der Waals surface area contributed by atoms with E-state index >= 15 is 0 Å². The highest BCUT2D eigenvalue weighted by Gasteiger charge is 2.43. The lowest BCUT2D eigenvalue weighted by molar-refractivity contribution is -0.121. The van der Waals surface area contributed by atoms with Crippen LogP contribution in [0.4, 0.5) is 21.6 Å². The molecule has 0 bridgehead atoms. The minimum Gasteiger partial charge on any atom is -0.379 e. The van der Waals surface area contributed by atoms with Crippen LogP contribution in [-0.2, 0) is 14.9 Å². The van der Waals surface area contributed by atoms with Gasteiger partial charge in [0.15, 0.2) is 0 Å². The summed E-state index contributed by atoms with van der Waals surface area (Å²) in [4.78, 5) is 22.5. The van der Waals surface area contributed by atoms with E-state index in [1.54, 1.807) is 30.2 Å². The molecule has 196 valence electrons. The van der Waals surface area contributed by atoms with Gasteiger partial charge in [0.25, 0.3) is 0 Å². The lowest BCUT2D eigenvalue weighted by atomic mass is 9.77. The number of nitrogens with one attached hydrogen (secondary N) is 2. The number of carbonyl (C=O) groups is 1. The maximum absolute atomic E-state index is 14.8. The fourth-order valence-electron chi connectivity index (χ4n) is 5.11. The van der Waals surface area contributed by atoms with E-state index in [1.807, 2.05) is 50.2 Å². The number of halogens is 1. The molecule has 0 radical (unpaired) electrons. The van der Waals surface area contributed by atoms with Gasteiger partial charge in [-0.3, -0.25) is 4.79 Å². The van der Waals surface area contributed by atoms with E-state index in [-0.39, 0.29) is 11.7 Å². The number of hydrogen-bond acceptors (Lipinski definition) is 6. The summed E-state index contributed by atoms with van der Waals surface area (Å²) < 4.78 is 20.0. The first-order valence-corrected chi connectivity index (χ1v) is 13.9. The van der Waals surface area contributed by atoms with Gasteiger partial charge in [-0.25, -0.2) is 14.4 Å². The first-order valence-electron chi connectivity index (χ1n) is 13.0. The highest BCUT2D eigenvalue weighted by atomic mass is 32.2. The molecule has 2 aromatic carbocycles. The van der Waals surface area contributed by atoms with Crippen molar-refractivity contribution in [3.63, 3.8) is 0 Å². The average molecular weight is 539 g/mol. The summed E-state index contributed by atoms with van der Waals surface area (Å²) in [6.45, 7) is 5.50. The molecule has 0 unspecified atom stereocenters. The molecular weight excluding hydrogens is 511 g/mol. The smallest absolute Gasteiger partial charge is 0.235 e. The molecule has 2 aliphatic heterocycles. The molecule has 39 heavy (non-hydrogen) atoms. The first-order chi connectivity index (χ1) is 19.0. The molecule has 0 aliphatic carbocycles. The molecule has 1 fully saturated rings. The van der Waals surface area contributed by atoms with Crippen molar-refractivity contribution in [2.24, 2.45) is 0 Å². The normalized spacial score (nSPS) is 15.7. The van der Waals surface area contributed by atoms with Crippen molar-refractivity contribution in [3.8, 4) is 11.8 Å². The van der Waals surface area contributed by atoms with Gasteiger partial charge in [-0.05, 0) is 66.8 Å². The third kappa shape index (κ3) is 4.73. The Balaban J connectivity index is 1.26. The van der Waals surface area contributed by atoms with Crippen LogP contribution in [0.3, 0.4) is 0 Å². The van der Waals surface area contributed by atoms with Crippen LogP contribution in [0.1, 0.15) is 43.5 Å². The molecule has 0 atom stereocenters. The van der Waals surface area contributed by atoms with Gasteiger partial charge in [0.05, 0.1) is 29.6 Å². The summed E-state index contributed by atoms with van der Waals surface area (Å²) in [5.41, 5.74) is 3.11. The summed E-state index contributed by atoms with van der Waals surface area (Å²) in [6, 6.07) is 14.8. The number of pyridine rings is 2. The molecule has 2 aromatic heterocycles. The van der Waals surface area contributed by atoms with Crippen molar-refractivity contribution in [1.29, 1.82) is 0 Å². The first kappa shape index (κ1) is 25.4. The van der Waals surface area contributed by atoms with E-state index in [2.05, 4.69) is 32.4 Å². The number of anilines is 3. The Labute approximate surface area is 230 Å². The van der Waals surface area contributed by atoms with Gasteiger partial charge in [0, 0.05) is 39.3 Å². The minimum atomic E-state index is -0.473. The molecule has 1 saturated heterocycles. The van der Waals surface area contributed by atoms with E-state index in [4.69, 9.17) is 4.74 Å². The standard InChI is InChI=1S/C31H27FN4O2S/c1-3-31(4-2)24-8-5-19(13-28(24)36-30(31)37)6-9-26-23-15-29(34-16-20(23)11-12-33-26)35-27-10-7-21(14-25(27)32)39-22-17-38-18-22/h5,7-8,10-16,22H,3-4,17-18H2,1-2H3,(H,34,35)(H,36,37). The number of amides is 1. The zero-order valence-electron chi connectivity index (χ0n) is 21.7. The number of benzene rings is 2. The largest absolute Gasteiger partial charge is 0.379 e. The highest BCUT2D eigenvalue weighted by molar-refractivity contribution is 8.00. The predicted octanol–water partition coefficient (Wildman–Crippen LogP) is 6.41. The zero-order valence-corrected chi connectivity index (χ0v) is 22.5. The van der Waals surface area contributed by atoms with Gasteiger partial charge in [0.2, 0.25) is 5.91 Å². The van der Waals surface area contributed by atoms with Crippen LogP contribution in [0.15, 0.2) is 65.8 Å². The quantitative estimate of drug-likeness (QED) is 0.276. The molecule has 2 aliphatic rings. The Morgan fingerprint density at radius 1 is 1.10 bits per heavy atom. The highest BCUT2D eigenvalue weighted by Crippen LogP contribution is 2.43. The van der Waals surface area contributed by atoms with Gasteiger partial charge >= 0.3 is 0 Å². The Hall–Kier alpha value is -3.93. The molecule has 0 saturated carbocycles. The van der Waals surface area contributed by atoms with Crippen LogP contribution in [0.5, 0.6) is 0 Å². The third-order valence-corrected chi connectivity index (χ3v) is 8.64. The van der Waals surface area contributed by atoms with Crippen molar-refractivity contribution in [3.05, 3.63) is 83.6 Å². The molecule has 2 N–H and O–H groups in total. The topological polar surface area (TPSA) is 76.1 Å². The number of aromatic nitrogens is 2. The molecule has 0 spiro atoms. The Bertz CT molecular complexity index is 1650. The van der Waals surface area contributed by atoms with Crippen LogP contribution < -0.4 is 10.6 Å². The molecule has 1 amide bonds. The van der Waals surface area contributed by atoms with Gasteiger partial charge in [0.1, 0.15) is 17.3 Å². The SMILES string of the molecule is CCC1(CC)C(=O)Nc2cc(C#Cc3nccc4cnc(Nc5ccc(SC6COC6)cc5F)cc34)ccc21. The Morgan fingerprint density at radius 3 is 2.69 bits per heavy atom. The minimum absolute atomic E-state index is 0.0497. The van der Waals surface area contributed by atoms with E-state index in [0.717, 1.165) is 45.3 Å². The van der Waals surface area contributed by atoms with Crippen LogP contribution >= 0.6 is 11.8 Å². The van der Waals surface area contributed by atoms with E-state index in [0.29, 0.717) is 35.7 Å². The molecule has 4 aromatic rings. The maximum Gasteiger partial charge on any atom is 0.235 e. The van der Waals surface area contributed by atoms with Crippen molar-refractivity contribution in [2.75, 3.05) is 23.8 Å². The second-order valence-electron chi connectivity index (χ2n) is 9.75. The van der Waals surface area contributed by atoms with Gasteiger partial charge in [-0.2, -0.15) is 0 Å². The fourth-order valence-corrected chi connectivity index (χ4v) is 6.14. The summed E-state index contributed by atoms with van der Waals surface area (Å²) in [6.07, 6.45) is 4.93. The second kappa shape index (κ2) is 10.3. The number of fused-ring (bicyclic) bond motifs is 2. The number of carbonyl (C=O) groups excluding carboxylic acids is 1. The summed E-state index contributed by atoms with van der Waals surface area (Å²) in [5.74, 6) is 6.58. The van der Waals surface area contributed by atoms with E-state index in [9.17, 15) is 9.18 Å². The average Bonchev–Trinajstić information content (AvgIpc) is 3.21. The van der Waals surface area contributed by atoms with Gasteiger partial charge < -0.3 is 15.4 Å². The molecule has 6 rings (SSSR count). The van der Waals surface area contributed by atoms with E-state index < -0.39 is 5.41 Å². The van der Waals surface area contributed by atoms with Crippen LogP contribution in [0.25, 0.3) is 10.8 Å². The van der Waals surface area contributed by atoms with Crippen LogP contribution in [0.2, 0.25) is 0 Å². The van der Waals surface area contributed by atoms with Gasteiger partial charge in [-0.15, -0.1) is 11.8 Å². The number of rotatable bonds is 6. The maximum atomic E-state index is 14.8. The van der Waals surface area contributed by atoms with Gasteiger partial charge in [-0.1, -0.05) is 25.8 Å². The van der Waals surface area contributed by atoms with E-state index in [1.165, 1.54) is 6.07 Å². The van der Waals surface area contributed by atoms with Crippen LogP contribution in [0, 0.1) is 17.7 Å². The lowest BCUT2D eigenvalue weighted by Gasteiger charge is -2.25.